The van der Waals surface area contributed by atoms with Gasteiger partial charge < -0.3 is 5.32 Å². The van der Waals surface area contributed by atoms with Crippen LogP contribution in [0.25, 0.3) is 0 Å². The van der Waals surface area contributed by atoms with Crippen LogP contribution in [-0.2, 0) is 19.7 Å². The molecule has 0 saturated carbocycles. The molecule has 3 N–H and O–H groups in total. The first-order valence-corrected chi connectivity index (χ1v) is 13.1. The molecular formula is C23H39N3O5S. The maximum Gasteiger partial charge on any atom is 0.243 e. The molecule has 3 atom stereocenters. The number of benzene rings is 1. The molecule has 0 aliphatic carbocycles. The van der Waals surface area contributed by atoms with Crippen molar-refractivity contribution in [3.05, 3.63) is 30.3 Å². The lowest BCUT2D eigenvalue weighted by molar-refractivity contribution is -0.149. The summed E-state index contributed by atoms with van der Waals surface area (Å²) < 4.78 is 28.1. The average molecular weight is 470 g/mol. The van der Waals surface area contributed by atoms with Crippen molar-refractivity contribution in [1.29, 1.82) is 0 Å². The van der Waals surface area contributed by atoms with Crippen molar-refractivity contribution in [2.24, 2.45) is 17.8 Å². The Morgan fingerprint density at radius 2 is 1.84 bits per heavy atom. The van der Waals surface area contributed by atoms with Crippen LogP contribution in [0.4, 0.5) is 0 Å². The molecule has 9 heteroatoms. The smallest absolute Gasteiger partial charge is 0.243 e. The van der Waals surface area contributed by atoms with Gasteiger partial charge in [0.25, 0.3) is 0 Å². The Hall–Kier alpha value is -1.52. The van der Waals surface area contributed by atoms with E-state index in [2.05, 4.69) is 19.2 Å². The monoisotopic (exact) mass is 469 g/mol. The molecule has 1 aromatic carbocycles. The summed E-state index contributed by atoms with van der Waals surface area (Å²) in [5, 5.41) is 12.1. The van der Waals surface area contributed by atoms with Crippen LogP contribution in [0.2, 0.25) is 0 Å². The van der Waals surface area contributed by atoms with Gasteiger partial charge in [0.05, 0.1) is 11.5 Å². The van der Waals surface area contributed by atoms with Gasteiger partial charge >= 0.3 is 0 Å². The number of rotatable bonds is 7. The second kappa shape index (κ2) is 13.3. The van der Waals surface area contributed by atoms with E-state index in [0.717, 1.165) is 19.3 Å². The topological polar surface area (TPSA) is 108 Å². The lowest BCUT2D eigenvalue weighted by Gasteiger charge is -2.29. The fourth-order valence-corrected chi connectivity index (χ4v) is 5.89. The molecule has 1 aromatic rings. The Balaban J connectivity index is 2.26. The Morgan fingerprint density at radius 1 is 1.16 bits per heavy atom. The first-order chi connectivity index (χ1) is 15.3. The summed E-state index contributed by atoms with van der Waals surface area (Å²) in [6.07, 6.45) is 4.27. The summed E-state index contributed by atoms with van der Waals surface area (Å²) >= 11 is 0. The minimum Gasteiger partial charge on any atom is -0.353 e. The minimum atomic E-state index is -3.58. The molecule has 1 heterocycles. The number of nitrogens with zero attached hydrogens (tertiary/aromatic N) is 1. The van der Waals surface area contributed by atoms with Crippen molar-refractivity contribution < 1.29 is 23.3 Å². The molecule has 0 unspecified atom stereocenters. The molecule has 0 bridgehead atoms. The van der Waals surface area contributed by atoms with Crippen LogP contribution in [0, 0.1) is 17.8 Å². The van der Waals surface area contributed by atoms with E-state index >= 15 is 0 Å². The van der Waals surface area contributed by atoms with E-state index in [0.29, 0.717) is 43.2 Å². The molecule has 1 amide bonds. The maximum atomic E-state index is 13.2. The van der Waals surface area contributed by atoms with Gasteiger partial charge in [0.1, 0.15) is 0 Å². The van der Waals surface area contributed by atoms with Gasteiger partial charge in [-0.2, -0.15) is 4.31 Å². The van der Waals surface area contributed by atoms with Gasteiger partial charge in [-0.3, -0.25) is 14.8 Å². The highest BCUT2D eigenvalue weighted by molar-refractivity contribution is 7.89. The molecule has 0 aromatic heterocycles. The van der Waals surface area contributed by atoms with E-state index in [9.17, 15) is 13.2 Å². The first-order valence-electron chi connectivity index (χ1n) is 11.6. The largest absolute Gasteiger partial charge is 0.353 e. The lowest BCUT2D eigenvalue weighted by atomic mass is 9.82. The van der Waals surface area contributed by atoms with E-state index in [-0.39, 0.29) is 30.4 Å². The summed E-state index contributed by atoms with van der Waals surface area (Å²) in [6, 6.07) is 8.54. The zero-order chi connectivity index (χ0) is 23.6. The highest BCUT2D eigenvalue weighted by Crippen LogP contribution is 2.27. The van der Waals surface area contributed by atoms with Gasteiger partial charge in [0.15, 0.2) is 0 Å². The third-order valence-corrected chi connectivity index (χ3v) is 7.95. The molecule has 32 heavy (non-hydrogen) atoms. The van der Waals surface area contributed by atoms with Crippen molar-refractivity contribution >= 4 is 15.9 Å². The number of carbonyl (C=O) groups is 1. The van der Waals surface area contributed by atoms with E-state index in [4.69, 9.17) is 10.0 Å². The predicted molar refractivity (Wildman–Crippen MR) is 123 cm³/mol. The van der Waals surface area contributed by atoms with Gasteiger partial charge in [-0.05, 0) is 63.0 Å². The zero-order valence-corrected chi connectivity index (χ0v) is 20.3. The standard InChI is InChI=1S/C23H39N3O5S/c1-18(2)16-22-20(17-31-25-28)11-9-15-26(14-8-7-10-19(3)24-23(22)27)32(29,30)21-12-5-4-6-13-21/h4-6,12-13,18-20,22,25,28H,7-11,14-17H2,1-3H3,(H,24,27)/t19-,20-,22-/m1/s1. The molecule has 0 radical (unpaired) electrons. The van der Waals surface area contributed by atoms with Gasteiger partial charge in [-0.1, -0.05) is 44.1 Å². The normalized spacial score (nSPS) is 24.9. The first kappa shape index (κ1) is 26.7. The third-order valence-electron chi connectivity index (χ3n) is 6.04. The number of nitrogens with one attached hydrogen (secondary N) is 2. The van der Waals surface area contributed by atoms with E-state index in [1.165, 1.54) is 0 Å². The Morgan fingerprint density at radius 3 is 2.50 bits per heavy atom. The number of hydrogen-bond donors (Lipinski definition) is 3. The summed E-state index contributed by atoms with van der Waals surface area (Å²) in [4.78, 5) is 18.5. The van der Waals surface area contributed by atoms with E-state index in [1.54, 1.807) is 40.3 Å². The zero-order valence-electron chi connectivity index (χ0n) is 19.5. The Bertz CT molecular complexity index is 788. The van der Waals surface area contributed by atoms with Crippen LogP contribution in [0.1, 0.15) is 59.3 Å². The molecule has 8 nitrogen and oxygen atoms in total. The predicted octanol–water partition coefficient (Wildman–Crippen LogP) is 3.34. The highest BCUT2D eigenvalue weighted by Gasteiger charge is 2.31. The second-order valence-electron chi connectivity index (χ2n) is 9.16. The van der Waals surface area contributed by atoms with Gasteiger partial charge in [-0.25, -0.2) is 8.42 Å². The van der Waals surface area contributed by atoms with Crippen molar-refractivity contribution in [2.75, 3.05) is 19.7 Å². The van der Waals surface area contributed by atoms with Gasteiger partial charge in [0.2, 0.25) is 15.9 Å². The van der Waals surface area contributed by atoms with Crippen LogP contribution in [0.3, 0.4) is 0 Å². The van der Waals surface area contributed by atoms with Gasteiger partial charge in [0, 0.05) is 25.0 Å². The third kappa shape index (κ3) is 8.12. The van der Waals surface area contributed by atoms with E-state index in [1.807, 2.05) is 6.92 Å². The second-order valence-corrected chi connectivity index (χ2v) is 11.1. The molecule has 1 aliphatic rings. The summed E-state index contributed by atoms with van der Waals surface area (Å²) in [7, 11) is -3.58. The number of sulfonamides is 1. The van der Waals surface area contributed by atoms with Crippen molar-refractivity contribution in [2.45, 2.75) is 70.2 Å². The Kier molecular flexibility index (Phi) is 11.1. The maximum absolute atomic E-state index is 13.2. The summed E-state index contributed by atoms with van der Waals surface area (Å²) in [5.74, 6) is -0.0981. The van der Waals surface area contributed by atoms with Crippen molar-refractivity contribution in [1.82, 2.24) is 15.3 Å². The Labute approximate surface area is 192 Å². The highest BCUT2D eigenvalue weighted by atomic mass is 32.2. The SMILES string of the molecule is CC(C)C[C@H]1C(=O)N[C@H](C)CCCCN(S(=O)(=O)c2ccccc2)CCC[C@@H]1CONO. The fraction of sp³-hybridized carbons (Fsp3) is 0.696. The van der Waals surface area contributed by atoms with Crippen LogP contribution in [0.5, 0.6) is 0 Å². The number of hydrogen-bond acceptors (Lipinski definition) is 6. The average Bonchev–Trinajstić information content (AvgIpc) is 2.76. The molecule has 1 aliphatic heterocycles. The van der Waals surface area contributed by atoms with Crippen LogP contribution in [-0.4, -0.2) is 49.6 Å². The minimum absolute atomic E-state index is 0.00532. The molecule has 2 rings (SSSR count). The van der Waals surface area contributed by atoms with Crippen LogP contribution >= 0.6 is 0 Å². The van der Waals surface area contributed by atoms with Crippen molar-refractivity contribution in [3.8, 4) is 0 Å². The van der Waals surface area contributed by atoms with E-state index < -0.39 is 10.0 Å². The summed E-state index contributed by atoms with van der Waals surface area (Å²) in [6.45, 7) is 7.14. The lowest BCUT2D eigenvalue weighted by Crippen LogP contribution is -2.42. The number of carbonyl (C=O) groups excluding carboxylic acids is 1. The molecule has 1 fully saturated rings. The van der Waals surface area contributed by atoms with Crippen molar-refractivity contribution in [3.63, 3.8) is 0 Å². The van der Waals surface area contributed by atoms with Gasteiger partial charge in [-0.15, -0.1) is 0 Å². The molecular weight excluding hydrogens is 430 g/mol. The molecule has 182 valence electrons. The molecule has 0 spiro atoms. The quantitative estimate of drug-likeness (QED) is 0.529. The van der Waals surface area contributed by atoms with Crippen LogP contribution < -0.4 is 11.0 Å². The fourth-order valence-electron chi connectivity index (χ4n) is 4.35. The molecule has 1 saturated heterocycles. The number of amides is 1. The van der Waals surface area contributed by atoms with Crippen LogP contribution in [0.15, 0.2) is 35.2 Å². The summed E-state index contributed by atoms with van der Waals surface area (Å²) in [5.41, 5.74) is 1.73.